The Kier molecular flexibility index (Phi) is 8.04. The van der Waals surface area contributed by atoms with E-state index in [-0.39, 0.29) is 29.6 Å². The van der Waals surface area contributed by atoms with Crippen molar-refractivity contribution < 1.29 is 14.4 Å². The minimum Gasteiger partial charge on any atom is -0.354 e. The Morgan fingerprint density at radius 1 is 1.07 bits per heavy atom. The Bertz CT molecular complexity index is 663. The van der Waals surface area contributed by atoms with Crippen molar-refractivity contribution in [2.24, 2.45) is 11.8 Å². The molecule has 1 aliphatic heterocycles. The second kappa shape index (κ2) is 10.5. The summed E-state index contributed by atoms with van der Waals surface area (Å²) in [5, 5.41) is 5.64. The molecule has 0 aromatic heterocycles. The molecular weight excluding hydrogens is 342 g/mol. The molecule has 2 N–H and O–H groups in total. The van der Waals surface area contributed by atoms with E-state index in [1.807, 2.05) is 50.3 Å². The van der Waals surface area contributed by atoms with Gasteiger partial charge in [0.25, 0.3) is 0 Å². The van der Waals surface area contributed by atoms with Gasteiger partial charge in [0, 0.05) is 44.1 Å². The summed E-state index contributed by atoms with van der Waals surface area (Å²) in [6, 6.07) is 9.70. The normalized spacial score (nSPS) is 15.1. The fourth-order valence-electron chi connectivity index (χ4n) is 2.92. The lowest BCUT2D eigenvalue weighted by Gasteiger charge is -2.30. The van der Waals surface area contributed by atoms with Crippen LogP contribution in [-0.4, -0.2) is 48.8 Å². The lowest BCUT2D eigenvalue weighted by molar-refractivity contribution is -0.132. The molecule has 27 heavy (non-hydrogen) atoms. The van der Waals surface area contributed by atoms with Gasteiger partial charge in [-0.3, -0.25) is 14.4 Å². The van der Waals surface area contributed by atoms with E-state index in [0.29, 0.717) is 39.0 Å². The highest BCUT2D eigenvalue weighted by Gasteiger charge is 2.26. The highest BCUT2D eigenvalue weighted by molar-refractivity contribution is 5.92. The first-order valence-corrected chi connectivity index (χ1v) is 9.55. The monoisotopic (exact) mass is 371 g/mol. The molecule has 1 aromatic carbocycles. The third-order valence-corrected chi connectivity index (χ3v) is 4.64. The van der Waals surface area contributed by atoms with Crippen LogP contribution in [0.3, 0.4) is 0 Å². The van der Waals surface area contributed by atoms with Crippen LogP contribution in [0.25, 0.3) is 6.08 Å². The molecule has 0 unspecified atom stereocenters. The van der Waals surface area contributed by atoms with Crippen molar-refractivity contribution in [1.29, 1.82) is 0 Å². The van der Waals surface area contributed by atoms with Gasteiger partial charge in [0.2, 0.25) is 17.7 Å². The fourth-order valence-corrected chi connectivity index (χ4v) is 2.92. The van der Waals surface area contributed by atoms with Crippen molar-refractivity contribution in [1.82, 2.24) is 15.5 Å². The minimum atomic E-state index is -0.0760. The Morgan fingerprint density at radius 2 is 1.70 bits per heavy atom. The van der Waals surface area contributed by atoms with Gasteiger partial charge in [0.05, 0.1) is 0 Å². The van der Waals surface area contributed by atoms with Crippen LogP contribution in [-0.2, 0) is 14.4 Å². The van der Waals surface area contributed by atoms with E-state index in [9.17, 15) is 14.4 Å². The molecule has 0 spiro atoms. The van der Waals surface area contributed by atoms with Gasteiger partial charge in [0.1, 0.15) is 0 Å². The smallest absolute Gasteiger partial charge is 0.246 e. The second-order valence-electron chi connectivity index (χ2n) is 7.08. The van der Waals surface area contributed by atoms with Crippen molar-refractivity contribution >= 4 is 23.8 Å². The third-order valence-electron chi connectivity index (χ3n) is 4.64. The summed E-state index contributed by atoms with van der Waals surface area (Å²) in [5.74, 6) is -0.166. The molecular formula is C21H29N3O3. The molecule has 6 heteroatoms. The van der Waals surface area contributed by atoms with Gasteiger partial charge in [-0.05, 0) is 24.5 Å². The molecule has 6 nitrogen and oxygen atoms in total. The van der Waals surface area contributed by atoms with E-state index < -0.39 is 0 Å². The lowest BCUT2D eigenvalue weighted by Crippen LogP contribution is -2.44. The van der Waals surface area contributed by atoms with E-state index in [2.05, 4.69) is 10.6 Å². The summed E-state index contributed by atoms with van der Waals surface area (Å²) in [5.41, 5.74) is 0.990. The maximum absolute atomic E-state index is 12.3. The first kappa shape index (κ1) is 20.7. The summed E-state index contributed by atoms with van der Waals surface area (Å²) < 4.78 is 0. The summed E-state index contributed by atoms with van der Waals surface area (Å²) in [6.07, 6.45) is 4.73. The Morgan fingerprint density at radius 3 is 2.33 bits per heavy atom. The minimum absolute atomic E-state index is 0.000669. The van der Waals surface area contributed by atoms with Crippen LogP contribution in [0.4, 0.5) is 0 Å². The van der Waals surface area contributed by atoms with Crippen LogP contribution in [0.2, 0.25) is 0 Å². The number of nitrogens with one attached hydrogen (secondary N) is 2. The maximum atomic E-state index is 12.3. The van der Waals surface area contributed by atoms with Crippen LogP contribution < -0.4 is 10.6 Å². The van der Waals surface area contributed by atoms with E-state index in [4.69, 9.17) is 0 Å². The standard InChI is InChI=1S/C21H29N3O3/c1-16(2)20(26)22-12-13-23-21(27)18-10-14-24(15-11-18)19(25)9-8-17-6-4-3-5-7-17/h3-9,16,18H,10-15H2,1-2H3,(H,22,26)(H,23,27). The molecule has 3 amide bonds. The van der Waals surface area contributed by atoms with E-state index in [0.717, 1.165) is 5.56 Å². The number of carbonyl (C=O) groups is 3. The number of benzene rings is 1. The SMILES string of the molecule is CC(C)C(=O)NCCNC(=O)C1CCN(C(=O)C=Cc2ccccc2)CC1. The van der Waals surface area contributed by atoms with Crippen molar-refractivity contribution in [2.45, 2.75) is 26.7 Å². The molecule has 0 radical (unpaired) electrons. The van der Waals surface area contributed by atoms with Crippen LogP contribution in [0.15, 0.2) is 36.4 Å². The zero-order chi connectivity index (χ0) is 19.6. The number of likely N-dealkylation sites (tertiary alicyclic amines) is 1. The highest BCUT2D eigenvalue weighted by Crippen LogP contribution is 2.17. The molecule has 0 aliphatic carbocycles. The number of nitrogens with zero attached hydrogens (tertiary/aromatic N) is 1. The third kappa shape index (κ3) is 6.89. The molecule has 1 saturated heterocycles. The van der Waals surface area contributed by atoms with Crippen molar-refractivity contribution in [2.75, 3.05) is 26.2 Å². The Balaban J connectivity index is 1.68. The van der Waals surface area contributed by atoms with Gasteiger partial charge in [0.15, 0.2) is 0 Å². The molecule has 2 rings (SSSR count). The molecule has 0 bridgehead atoms. The van der Waals surface area contributed by atoms with Gasteiger partial charge < -0.3 is 15.5 Å². The molecule has 1 heterocycles. The molecule has 0 atom stereocenters. The van der Waals surface area contributed by atoms with Crippen LogP contribution >= 0.6 is 0 Å². The van der Waals surface area contributed by atoms with E-state index in [1.54, 1.807) is 11.0 Å². The number of carbonyl (C=O) groups excluding carboxylic acids is 3. The van der Waals surface area contributed by atoms with Crippen molar-refractivity contribution in [3.8, 4) is 0 Å². The summed E-state index contributed by atoms with van der Waals surface area (Å²) >= 11 is 0. The maximum Gasteiger partial charge on any atom is 0.246 e. The van der Waals surface area contributed by atoms with Gasteiger partial charge >= 0.3 is 0 Å². The van der Waals surface area contributed by atoms with Crippen LogP contribution in [0, 0.1) is 11.8 Å². The number of rotatable bonds is 7. The van der Waals surface area contributed by atoms with Crippen LogP contribution in [0.1, 0.15) is 32.3 Å². The van der Waals surface area contributed by atoms with Crippen molar-refractivity contribution in [3.63, 3.8) is 0 Å². The topological polar surface area (TPSA) is 78.5 Å². The van der Waals surface area contributed by atoms with E-state index >= 15 is 0 Å². The summed E-state index contributed by atoms with van der Waals surface area (Å²) in [4.78, 5) is 37.7. The van der Waals surface area contributed by atoms with E-state index in [1.165, 1.54) is 0 Å². The number of hydrogen-bond donors (Lipinski definition) is 2. The molecule has 1 aliphatic rings. The van der Waals surface area contributed by atoms with Gasteiger partial charge in [-0.25, -0.2) is 0 Å². The fraction of sp³-hybridized carbons (Fsp3) is 0.476. The predicted molar refractivity (Wildman–Crippen MR) is 106 cm³/mol. The lowest BCUT2D eigenvalue weighted by atomic mass is 9.96. The van der Waals surface area contributed by atoms with Gasteiger partial charge in [-0.2, -0.15) is 0 Å². The number of hydrogen-bond acceptors (Lipinski definition) is 3. The zero-order valence-electron chi connectivity index (χ0n) is 16.1. The quantitative estimate of drug-likeness (QED) is 0.567. The molecule has 0 saturated carbocycles. The highest BCUT2D eigenvalue weighted by atomic mass is 16.2. The summed E-state index contributed by atoms with van der Waals surface area (Å²) in [6.45, 7) is 5.69. The zero-order valence-corrected chi connectivity index (χ0v) is 16.1. The van der Waals surface area contributed by atoms with Crippen LogP contribution in [0.5, 0.6) is 0 Å². The van der Waals surface area contributed by atoms with Crippen molar-refractivity contribution in [3.05, 3.63) is 42.0 Å². The molecule has 1 fully saturated rings. The largest absolute Gasteiger partial charge is 0.354 e. The van der Waals surface area contributed by atoms with Gasteiger partial charge in [-0.15, -0.1) is 0 Å². The first-order valence-electron chi connectivity index (χ1n) is 9.55. The average Bonchev–Trinajstić information content (AvgIpc) is 2.69. The number of amides is 3. The summed E-state index contributed by atoms with van der Waals surface area (Å²) in [7, 11) is 0. The Hall–Kier alpha value is -2.63. The average molecular weight is 371 g/mol. The second-order valence-corrected chi connectivity index (χ2v) is 7.08. The first-order chi connectivity index (χ1) is 13.0. The molecule has 146 valence electrons. The number of piperidine rings is 1. The molecule has 1 aromatic rings. The Labute approximate surface area is 161 Å². The van der Waals surface area contributed by atoms with Gasteiger partial charge in [-0.1, -0.05) is 44.2 Å². The predicted octanol–water partition coefficient (Wildman–Crippen LogP) is 1.83.